The Kier molecular flexibility index (Phi) is 8.20. The molecule has 0 spiro atoms. The molecule has 1 aliphatic rings. The normalized spacial score (nSPS) is 15.3. The lowest BCUT2D eigenvalue weighted by Crippen LogP contribution is -2.48. The molecule has 6 heteroatoms. The fourth-order valence-corrected chi connectivity index (χ4v) is 4.21. The van der Waals surface area contributed by atoms with Gasteiger partial charge in [0, 0.05) is 12.6 Å². The molecular weight excluding hydrogens is 397 g/mol. The first-order valence-electron chi connectivity index (χ1n) is 10.7. The van der Waals surface area contributed by atoms with Gasteiger partial charge in [0.15, 0.2) is 5.11 Å². The lowest BCUT2D eigenvalue weighted by Gasteiger charge is -2.36. The van der Waals surface area contributed by atoms with Gasteiger partial charge >= 0.3 is 0 Å². The third-order valence-electron chi connectivity index (χ3n) is 5.62. The minimum Gasteiger partial charge on any atom is -0.353 e. The molecular formula is C24H30FN3OS. The van der Waals surface area contributed by atoms with E-state index in [-0.39, 0.29) is 24.3 Å². The van der Waals surface area contributed by atoms with Crippen LogP contribution in [0.15, 0.2) is 54.6 Å². The predicted molar refractivity (Wildman–Crippen MR) is 122 cm³/mol. The number of benzene rings is 2. The van der Waals surface area contributed by atoms with E-state index in [2.05, 4.69) is 15.5 Å². The van der Waals surface area contributed by atoms with Crippen LogP contribution in [0, 0.1) is 5.82 Å². The molecule has 0 bridgehead atoms. The summed E-state index contributed by atoms with van der Waals surface area (Å²) < 4.78 is 13.3. The van der Waals surface area contributed by atoms with Gasteiger partial charge < -0.3 is 15.5 Å². The zero-order chi connectivity index (χ0) is 21.3. The van der Waals surface area contributed by atoms with Gasteiger partial charge in [-0.3, -0.25) is 4.79 Å². The number of nitrogens with zero attached hydrogens (tertiary/aromatic N) is 1. The van der Waals surface area contributed by atoms with Crippen LogP contribution in [0.2, 0.25) is 0 Å². The second-order valence-corrected chi connectivity index (χ2v) is 8.29. The van der Waals surface area contributed by atoms with E-state index in [1.54, 1.807) is 12.1 Å². The van der Waals surface area contributed by atoms with Crippen molar-refractivity contribution in [3.05, 3.63) is 71.5 Å². The van der Waals surface area contributed by atoms with Gasteiger partial charge in [-0.05, 0) is 55.2 Å². The van der Waals surface area contributed by atoms with Gasteiger partial charge in [-0.2, -0.15) is 0 Å². The molecule has 1 saturated carbocycles. The Balaban J connectivity index is 1.58. The van der Waals surface area contributed by atoms with Crippen LogP contribution in [0.5, 0.6) is 0 Å². The standard InChI is InChI=1S/C24H30FN3OS/c1-18(20-8-4-2-5-9-20)27-23(29)16-26-24(30)28(22-10-6-3-7-11-22)17-19-12-14-21(25)15-13-19/h2,4-5,8-9,12-15,18,22H,3,6-7,10-11,16-17H2,1H3,(H,26,30)(H,27,29). The highest BCUT2D eigenvalue weighted by molar-refractivity contribution is 7.80. The summed E-state index contributed by atoms with van der Waals surface area (Å²) >= 11 is 5.67. The van der Waals surface area contributed by atoms with Crippen molar-refractivity contribution in [2.75, 3.05) is 6.54 Å². The van der Waals surface area contributed by atoms with E-state index in [1.807, 2.05) is 37.3 Å². The summed E-state index contributed by atoms with van der Waals surface area (Å²) in [6.45, 7) is 2.70. The molecule has 1 atom stereocenters. The lowest BCUT2D eigenvalue weighted by atomic mass is 9.94. The monoisotopic (exact) mass is 427 g/mol. The minimum atomic E-state index is -0.243. The molecule has 0 aliphatic heterocycles. The topological polar surface area (TPSA) is 44.4 Å². The zero-order valence-electron chi connectivity index (χ0n) is 17.4. The summed E-state index contributed by atoms with van der Waals surface area (Å²) in [6, 6.07) is 16.7. The van der Waals surface area contributed by atoms with Crippen LogP contribution >= 0.6 is 12.2 Å². The Morgan fingerprint density at radius 2 is 1.77 bits per heavy atom. The van der Waals surface area contributed by atoms with Gasteiger partial charge in [0.25, 0.3) is 0 Å². The maximum atomic E-state index is 13.3. The largest absolute Gasteiger partial charge is 0.353 e. The summed E-state index contributed by atoms with van der Waals surface area (Å²) in [7, 11) is 0. The van der Waals surface area contributed by atoms with Gasteiger partial charge in [-0.1, -0.05) is 61.7 Å². The number of nitrogens with one attached hydrogen (secondary N) is 2. The summed E-state index contributed by atoms with van der Waals surface area (Å²) in [5.41, 5.74) is 2.07. The molecule has 0 saturated heterocycles. The molecule has 2 N–H and O–H groups in total. The number of thiocarbonyl (C=S) groups is 1. The van der Waals surface area contributed by atoms with E-state index >= 15 is 0 Å². The van der Waals surface area contributed by atoms with Crippen molar-refractivity contribution in [1.82, 2.24) is 15.5 Å². The van der Waals surface area contributed by atoms with Gasteiger partial charge in [-0.15, -0.1) is 0 Å². The minimum absolute atomic E-state index is 0.0669. The van der Waals surface area contributed by atoms with Crippen LogP contribution in [-0.2, 0) is 11.3 Å². The second kappa shape index (κ2) is 11.1. The quantitative estimate of drug-likeness (QED) is 0.628. The molecule has 160 valence electrons. The molecule has 1 unspecified atom stereocenters. The molecule has 4 nitrogen and oxygen atoms in total. The summed E-state index contributed by atoms with van der Waals surface area (Å²) in [6.07, 6.45) is 5.78. The Labute approximate surface area is 183 Å². The third kappa shape index (κ3) is 6.52. The predicted octanol–water partition coefficient (Wildman–Crippen LogP) is 4.71. The number of rotatable bonds is 7. The van der Waals surface area contributed by atoms with Gasteiger partial charge in [0.1, 0.15) is 5.82 Å². The van der Waals surface area contributed by atoms with Crippen LogP contribution < -0.4 is 10.6 Å². The lowest BCUT2D eigenvalue weighted by molar-refractivity contribution is -0.120. The van der Waals surface area contributed by atoms with Crippen LogP contribution in [-0.4, -0.2) is 28.5 Å². The van der Waals surface area contributed by atoms with Crippen molar-refractivity contribution >= 4 is 23.2 Å². The Morgan fingerprint density at radius 3 is 2.43 bits per heavy atom. The first-order chi connectivity index (χ1) is 14.5. The maximum Gasteiger partial charge on any atom is 0.239 e. The van der Waals surface area contributed by atoms with E-state index in [0.29, 0.717) is 17.7 Å². The van der Waals surface area contributed by atoms with Crippen molar-refractivity contribution in [3.63, 3.8) is 0 Å². The summed E-state index contributed by atoms with van der Waals surface area (Å²) in [4.78, 5) is 14.6. The smallest absolute Gasteiger partial charge is 0.239 e. The molecule has 1 amide bonds. The number of amides is 1. The van der Waals surface area contributed by atoms with E-state index in [9.17, 15) is 9.18 Å². The first-order valence-corrected chi connectivity index (χ1v) is 11.1. The van der Waals surface area contributed by atoms with Gasteiger partial charge in [0.05, 0.1) is 12.6 Å². The number of carbonyl (C=O) groups excluding carboxylic acids is 1. The molecule has 0 heterocycles. The highest BCUT2D eigenvalue weighted by atomic mass is 32.1. The maximum absolute atomic E-state index is 13.3. The van der Waals surface area contributed by atoms with Crippen molar-refractivity contribution in [2.45, 2.75) is 57.7 Å². The molecule has 0 aromatic heterocycles. The van der Waals surface area contributed by atoms with Crippen LogP contribution in [0.4, 0.5) is 4.39 Å². The van der Waals surface area contributed by atoms with E-state index in [4.69, 9.17) is 12.2 Å². The van der Waals surface area contributed by atoms with Crippen LogP contribution in [0.3, 0.4) is 0 Å². The fourth-order valence-electron chi connectivity index (χ4n) is 3.92. The van der Waals surface area contributed by atoms with Crippen LogP contribution in [0.25, 0.3) is 0 Å². The average Bonchev–Trinajstić information content (AvgIpc) is 2.78. The third-order valence-corrected chi connectivity index (χ3v) is 6.00. The molecule has 30 heavy (non-hydrogen) atoms. The van der Waals surface area contributed by atoms with Crippen molar-refractivity contribution < 1.29 is 9.18 Å². The van der Waals surface area contributed by atoms with Crippen LogP contribution in [0.1, 0.15) is 56.2 Å². The summed E-state index contributed by atoms with van der Waals surface area (Å²) in [5, 5.41) is 6.72. The number of hydrogen-bond donors (Lipinski definition) is 2. The molecule has 2 aromatic carbocycles. The average molecular weight is 428 g/mol. The highest BCUT2D eigenvalue weighted by Crippen LogP contribution is 2.24. The van der Waals surface area contributed by atoms with Crippen molar-refractivity contribution in [1.29, 1.82) is 0 Å². The van der Waals surface area contributed by atoms with E-state index < -0.39 is 0 Å². The molecule has 3 rings (SSSR count). The van der Waals surface area contributed by atoms with Crippen molar-refractivity contribution in [3.8, 4) is 0 Å². The first kappa shape index (κ1) is 22.2. The molecule has 1 aliphatic carbocycles. The number of hydrogen-bond acceptors (Lipinski definition) is 2. The number of carbonyl (C=O) groups is 1. The molecule has 1 fully saturated rings. The summed E-state index contributed by atoms with van der Waals surface area (Å²) in [5.74, 6) is -0.341. The fraction of sp³-hybridized carbons (Fsp3) is 0.417. The molecule has 2 aromatic rings. The highest BCUT2D eigenvalue weighted by Gasteiger charge is 2.24. The zero-order valence-corrected chi connectivity index (χ0v) is 18.3. The Hall–Kier alpha value is -2.47. The van der Waals surface area contributed by atoms with Crippen molar-refractivity contribution in [2.24, 2.45) is 0 Å². The SMILES string of the molecule is CC(NC(=O)CNC(=S)N(Cc1ccc(F)cc1)C1CCCCC1)c1ccccc1. The Morgan fingerprint density at radius 1 is 1.10 bits per heavy atom. The second-order valence-electron chi connectivity index (χ2n) is 7.90. The molecule has 0 radical (unpaired) electrons. The Bertz CT molecular complexity index is 822. The van der Waals surface area contributed by atoms with Gasteiger partial charge in [-0.25, -0.2) is 4.39 Å². The number of halogens is 1. The van der Waals surface area contributed by atoms with E-state index in [0.717, 1.165) is 24.0 Å². The van der Waals surface area contributed by atoms with E-state index in [1.165, 1.54) is 31.4 Å². The van der Waals surface area contributed by atoms with Gasteiger partial charge in [0.2, 0.25) is 5.91 Å².